The Morgan fingerprint density at radius 1 is 1.06 bits per heavy atom. The third-order valence-corrected chi connectivity index (χ3v) is 8.13. The fourth-order valence-corrected chi connectivity index (χ4v) is 5.48. The molecule has 7 nitrogen and oxygen atoms in total. The molecular formula is C22H25Cl2N3O4S. The van der Waals surface area contributed by atoms with Gasteiger partial charge in [0, 0.05) is 41.2 Å². The number of aryl methyl sites for hydroxylation is 1. The molecule has 2 aromatic rings. The Balaban J connectivity index is 1.88. The molecule has 0 saturated carbocycles. The van der Waals surface area contributed by atoms with Crippen LogP contribution in [-0.4, -0.2) is 49.1 Å². The molecular weight excluding hydrogens is 473 g/mol. The molecule has 0 radical (unpaired) electrons. The van der Waals surface area contributed by atoms with E-state index in [4.69, 9.17) is 28.9 Å². The first-order valence-corrected chi connectivity index (χ1v) is 12.4. The molecule has 1 aliphatic heterocycles. The molecule has 2 amide bonds. The minimum absolute atomic E-state index is 0.0755. The maximum atomic E-state index is 13.4. The van der Waals surface area contributed by atoms with Crippen molar-refractivity contribution in [2.24, 2.45) is 11.7 Å². The molecule has 1 saturated heterocycles. The highest BCUT2D eigenvalue weighted by Gasteiger charge is 2.32. The van der Waals surface area contributed by atoms with Gasteiger partial charge in [-0.1, -0.05) is 47.0 Å². The molecule has 10 heteroatoms. The molecule has 0 aromatic heterocycles. The Kier molecular flexibility index (Phi) is 7.82. The molecule has 3 rings (SSSR count). The van der Waals surface area contributed by atoms with E-state index in [0.29, 0.717) is 41.5 Å². The SMILES string of the molecule is Cc1ccc(S(=O)(=O)N(CC(=O)N2CCC(C(N)=O)CC2)Cc2c(Cl)cccc2Cl)cc1. The molecule has 2 aromatic carbocycles. The fourth-order valence-electron chi connectivity index (χ4n) is 3.61. The van der Waals surface area contributed by atoms with Gasteiger partial charge in [0.25, 0.3) is 0 Å². The van der Waals surface area contributed by atoms with Gasteiger partial charge in [-0.2, -0.15) is 4.31 Å². The Morgan fingerprint density at radius 3 is 2.16 bits per heavy atom. The second kappa shape index (κ2) is 10.2. The summed E-state index contributed by atoms with van der Waals surface area (Å²) in [6.07, 6.45) is 0.921. The molecule has 0 atom stereocenters. The van der Waals surface area contributed by atoms with Crippen LogP contribution >= 0.6 is 23.2 Å². The summed E-state index contributed by atoms with van der Waals surface area (Å²) in [5.41, 5.74) is 6.70. The minimum atomic E-state index is -4.01. The van der Waals surface area contributed by atoms with Gasteiger partial charge < -0.3 is 10.6 Å². The van der Waals surface area contributed by atoms with Gasteiger partial charge in [0.15, 0.2) is 0 Å². The number of nitrogens with zero attached hydrogens (tertiary/aromatic N) is 2. The average molecular weight is 498 g/mol. The van der Waals surface area contributed by atoms with Gasteiger partial charge in [0.05, 0.1) is 11.4 Å². The highest BCUT2D eigenvalue weighted by atomic mass is 35.5. The van der Waals surface area contributed by atoms with Crippen LogP contribution < -0.4 is 5.73 Å². The molecule has 1 fully saturated rings. The summed E-state index contributed by atoms with van der Waals surface area (Å²) in [7, 11) is -4.01. The lowest BCUT2D eigenvalue weighted by Crippen LogP contribution is -2.47. The van der Waals surface area contributed by atoms with E-state index in [9.17, 15) is 18.0 Å². The highest BCUT2D eigenvalue weighted by molar-refractivity contribution is 7.89. The number of carbonyl (C=O) groups excluding carboxylic acids is 2. The Morgan fingerprint density at radius 2 is 1.62 bits per heavy atom. The number of rotatable bonds is 7. The zero-order chi connectivity index (χ0) is 23.5. The lowest BCUT2D eigenvalue weighted by atomic mass is 9.96. The van der Waals surface area contributed by atoms with Crippen molar-refractivity contribution >= 4 is 45.0 Å². The number of amides is 2. The van der Waals surface area contributed by atoms with Crippen LogP contribution in [-0.2, 0) is 26.2 Å². The van der Waals surface area contributed by atoms with Gasteiger partial charge in [-0.3, -0.25) is 9.59 Å². The van der Waals surface area contributed by atoms with E-state index in [-0.39, 0.29) is 35.7 Å². The average Bonchev–Trinajstić information content (AvgIpc) is 2.75. The summed E-state index contributed by atoms with van der Waals surface area (Å²) < 4.78 is 28.0. The number of hydrogen-bond acceptors (Lipinski definition) is 4. The molecule has 0 aliphatic carbocycles. The van der Waals surface area contributed by atoms with Crippen molar-refractivity contribution in [3.63, 3.8) is 0 Å². The second-order valence-corrected chi connectivity index (χ2v) is 10.6. The van der Waals surface area contributed by atoms with E-state index in [2.05, 4.69) is 0 Å². The van der Waals surface area contributed by atoms with Crippen molar-refractivity contribution < 1.29 is 18.0 Å². The van der Waals surface area contributed by atoms with Gasteiger partial charge in [-0.25, -0.2) is 8.42 Å². The van der Waals surface area contributed by atoms with Crippen molar-refractivity contribution in [2.45, 2.75) is 31.2 Å². The molecule has 0 unspecified atom stereocenters. The normalized spacial score (nSPS) is 15.2. The van der Waals surface area contributed by atoms with Crippen LogP contribution in [0.3, 0.4) is 0 Å². The number of nitrogens with two attached hydrogens (primary N) is 1. The summed E-state index contributed by atoms with van der Waals surface area (Å²) in [6.45, 7) is 2.02. The van der Waals surface area contributed by atoms with Crippen molar-refractivity contribution in [2.75, 3.05) is 19.6 Å². The predicted molar refractivity (Wildman–Crippen MR) is 124 cm³/mol. The first-order chi connectivity index (χ1) is 15.1. The van der Waals surface area contributed by atoms with Gasteiger partial charge in [-0.15, -0.1) is 0 Å². The zero-order valence-electron chi connectivity index (χ0n) is 17.6. The molecule has 0 bridgehead atoms. The molecule has 172 valence electrons. The Bertz CT molecular complexity index is 1080. The summed E-state index contributed by atoms with van der Waals surface area (Å²) in [4.78, 5) is 26.0. The van der Waals surface area contributed by atoms with Crippen molar-refractivity contribution in [3.8, 4) is 0 Å². The van der Waals surface area contributed by atoms with Crippen molar-refractivity contribution in [1.29, 1.82) is 0 Å². The molecule has 32 heavy (non-hydrogen) atoms. The van der Waals surface area contributed by atoms with E-state index in [1.54, 1.807) is 35.2 Å². The number of primary amides is 1. The van der Waals surface area contributed by atoms with E-state index >= 15 is 0 Å². The fraction of sp³-hybridized carbons (Fsp3) is 0.364. The van der Waals surface area contributed by atoms with E-state index < -0.39 is 10.0 Å². The van der Waals surface area contributed by atoms with Crippen LogP contribution in [0.1, 0.15) is 24.0 Å². The smallest absolute Gasteiger partial charge is 0.243 e. The number of benzene rings is 2. The van der Waals surface area contributed by atoms with E-state index in [0.717, 1.165) is 9.87 Å². The largest absolute Gasteiger partial charge is 0.369 e. The summed E-state index contributed by atoms with van der Waals surface area (Å²) >= 11 is 12.6. The van der Waals surface area contributed by atoms with Crippen LogP contribution in [0.5, 0.6) is 0 Å². The number of halogens is 2. The molecule has 0 spiro atoms. The third-order valence-electron chi connectivity index (χ3n) is 5.62. The third kappa shape index (κ3) is 5.61. The highest BCUT2D eigenvalue weighted by Crippen LogP contribution is 2.28. The van der Waals surface area contributed by atoms with E-state index in [1.807, 2.05) is 6.92 Å². The summed E-state index contributed by atoms with van der Waals surface area (Å²) in [5, 5.41) is 0.632. The molecule has 1 heterocycles. The maximum Gasteiger partial charge on any atom is 0.243 e. The van der Waals surface area contributed by atoms with Crippen molar-refractivity contribution in [3.05, 3.63) is 63.6 Å². The van der Waals surface area contributed by atoms with Crippen LogP contribution in [0.4, 0.5) is 0 Å². The number of piperidine rings is 1. The second-order valence-electron chi connectivity index (χ2n) is 7.84. The van der Waals surface area contributed by atoms with Crippen LogP contribution in [0.15, 0.2) is 47.4 Å². The van der Waals surface area contributed by atoms with Gasteiger partial charge in [0.2, 0.25) is 21.8 Å². The lowest BCUT2D eigenvalue weighted by molar-refractivity contribution is -0.135. The predicted octanol–water partition coefficient (Wildman–Crippen LogP) is 3.22. The van der Waals surface area contributed by atoms with Gasteiger partial charge >= 0.3 is 0 Å². The van der Waals surface area contributed by atoms with Crippen LogP contribution in [0.2, 0.25) is 10.0 Å². The number of carbonyl (C=O) groups is 2. The van der Waals surface area contributed by atoms with Crippen LogP contribution in [0.25, 0.3) is 0 Å². The van der Waals surface area contributed by atoms with E-state index in [1.165, 1.54) is 12.1 Å². The van der Waals surface area contributed by atoms with Gasteiger partial charge in [0.1, 0.15) is 0 Å². The molecule has 2 N–H and O–H groups in total. The summed E-state index contributed by atoms with van der Waals surface area (Å²) in [5.74, 6) is -1.01. The number of likely N-dealkylation sites (tertiary alicyclic amines) is 1. The maximum absolute atomic E-state index is 13.4. The number of hydrogen-bond donors (Lipinski definition) is 1. The summed E-state index contributed by atoms with van der Waals surface area (Å²) in [6, 6.07) is 11.3. The lowest BCUT2D eigenvalue weighted by Gasteiger charge is -2.32. The first-order valence-electron chi connectivity index (χ1n) is 10.2. The van der Waals surface area contributed by atoms with Gasteiger partial charge in [-0.05, 0) is 44.0 Å². The van der Waals surface area contributed by atoms with Crippen molar-refractivity contribution in [1.82, 2.24) is 9.21 Å². The topological polar surface area (TPSA) is 101 Å². The Labute approximate surface area is 198 Å². The Hall–Kier alpha value is -2.13. The number of sulfonamides is 1. The zero-order valence-corrected chi connectivity index (χ0v) is 20.0. The molecule has 1 aliphatic rings. The first kappa shape index (κ1) is 24.5. The monoisotopic (exact) mass is 497 g/mol. The quantitative estimate of drug-likeness (QED) is 0.634. The standard InChI is InChI=1S/C22H25Cl2N3O4S/c1-15-5-7-17(8-6-15)32(30,31)27(13-18-19(23)3-2-4-20(18)24)14-21(28)26-11-9-16(10-12-26)22(25)29/h2-8,16H,9-14H2,1H3,(H2,25,29). The van der Waals surface area contributed by atoms with Crippen LogP contribution in [0, 0.1) is 12.8 Å². The minimum Gasteiger partial charge on any atom is -0.369 e.